The van der Waals surface area contributed by atoms with E-state index in [1.807, 2.05) is 60.7 Å². The van der Waals surface area contributed by atoms with Crippen molar-refractivity contribution < 1.29 is 9.59 Å². The Balaban J connectivity index is 0. The second-order valence-electron chi connectivity index (χ2n) is 3.03. The molecular weight excluding hydrogens is 256 g/mol. The molecule has 0 saturated carbocycles. The molecular formula is C14H16N4O2. The van der Waals surface area contributed by atoms with Crippen molar-refractivity contribution >= 4 is 23.5 Å². The summed E-state index contributed by atoms with van der Waals surface area (Å²) in [5, 5.41) is 10.8. The number of benzene rings is 2. The van der Waals surface area contributed by atoms with Gasteiger partial charge in [-0.25, -0.2) is 20.4 Å². The van der Waals surface area contributed by atoms with Crippen LogP contribution in [0, 0.1) is 10.8 Å². The van der Waals surface area contributed by atoms with E-state index in [0.717, 1.165) is 23.5 Å². The Kier molecular flexibility index (Phi) is 15.1. The zero-order valence-electron chi connectivity index (χ0n) is 10.7. The van der Waals surface area contributed by atoms with E-state index >= 15 is 0 Å². The first-order chi connectivity index (χ1) is 9.62. The largest absolute Gasteiger partial charge is 0.399 e. The first kappa shape index (κ1) is 19.1. The van der Waals surface area contributed by atoms with Gasteiger partial charge in [-0.2, -0.15) is 0 Å². The summed E-state index contributed by atoms with van der Waals surface area (Å²) in [4.78, 5) is 16.7. The number of nitrogens with two attached hydrogens (primary N) is 2. The molecule has 2 aromatic carbocycles. The number of hydrogen-bond acceptors (Lipinski definition) is 6. The zero-order chi connectivity index (χ0) is 15.6. The van der Waals surface area contributed by atoms with Crippen LogP contribution in [0.4, 0.5) is 11.4 Å². The average Bonchev–Trinajstić information content (AvgIpc) is 2.43. The monoisotopic (exact) mass is 272 g/mol. The van der Waals surface area contributed by atoms with Gasteiger partial charge < -0.3 is 11.5 Å². The summed E-state index contributed by atoms with van der Waals surface area (Å²) in [6.45, 7) is 0. The number of hydrogen-bond donors (Lipinski definition) is 4. The van der Waals surface area contributed by atoms with Crippen LogP contribution >= 0.6 is 0 Å². The molecule has 6 nitrogen and oxygen atoms in total. The summed E-state index contributed by atoms with van der Waals surface area (Å²) in [6.07, 6.45) is 1.50. The fraction of sp³-hybridized carbons (Fsp3) is 0. The summed E-state index contributed by atoms with van der Waals surface area (Å²) in [5.41, 5.74) is 12.4. The van der Waals surface area contributed by atoms with E-state index in [0.29, 0.717) is 0 Å². The summed E-state index contributed by atoms with van der Waals surface area (Å²) in [5.74, 6) is 0. The Morgan fingerprint density at radius 3 is 0.950 bits per heavy atom. The van der Waals surface area contributed by atoms with Gasteiger partial charge in [-0.15, -0.1) is 0 Å². The van der Waals surface area contributed by atoms with E-state index in [1.54, 1.807) is 0 Å². The molecule has 0 spiro atoms. The van der Waals surface area contributed by atoms with Crippen molar-refractivity contribution in [2.45, 2.75) is 0 Å². The molecule has 6 N–H and O–H groups in total. The minimum atomic E-state index is 0.750. The van der Waals surface area contributed by atoms with E-state index in [4.69, 9.17) is 31.9 Å². The number of anilines is 2. The van der Waals surface area contributed by atoms with Crippen molar-refractivity contribution in [1.82, 2.24) is 0 Å². The highest BCUT2D eigenvalue weighted by molar-refractivity contribution is 5.36. The van der Waals surface area contributed by atoms with Gasteiger partial charge >= 0.3 is 0 Å². The molecule has 20 heavy (non-hydrogen) atoms. The molecule has 0 saturated heterocycles. The van der Waals surface area contributed by atoms with Crippen molar-refractivity contribution in [3.63, 3.8) is 0 Å². The maximum Gasteiger partial charge on any atom is 0.231 e. The molecule has 0 unspecified atom stereocenters. The third-order valence-electron chi connectivity index (χ3n) is 1.60. The molecule has 0 aliphatic heterocycles. The standard InChI is InChI=1S/2C6H7N.2CHNO/c2*7-6-4-2-1-3-5-6;2*2-1-3/h2*1-5H,7H2;2*2H. The maximum absolute atomic E-state index is 8.35. The Bertz CT molecular complexity index is 454. The zero-order valence-corrected chi connectivity index (χ0v) is 10.7. The molecule has 6 heteroatoms. The summed E-state index contributed by atoms with van der Waals surface area (Å²) < 4.78 is 0. The molecule has 0 fully saturated rings. The molecule has 0 aliphatic rings. The Labute approximate surface area is 117 Å². The highest BCUT2D eigenvalue weighted by Crippen LogP contribution is 1.96. The fourth-order valence-electron chi connectivity index (χ4n) is 0.906. The average molecular weight is 272 g/mol. The highest BCUT2D eigenvalue weighted by Gasteiger charge is 1.72. The first-order valence-electron chi connectivity index (χ1n) is 5.31. The van der Waals surface area contributed by atoms with Crippen LogP contribution in [0.3, 0.4) is 0 Å². The van der Waals surface area contributed by atoms with Crippen molar-refractivity contribution in [2.24, 2.45) is 0 Å². The summed E-state index contributed by atoms with van der Waals surface area (Å²) in [7, 11) is 0. The molecule has 2 aromatic rings. The normalized spacial score (nSPS) is 6.80. The van der Waals surface area contributed by atoms with Gasteiger partial charge in [0.1, 0.15) is 0 Å². The van der Waals surface area contributed by atoms with Crippen molar-refractivity contribution in [3.05, 3.63) is 60.7 Å². The lowest BCUT2D eigenvalue weighted by Gasteiger charge is -1.83. The van der Waals surface area contributed by atoms with Gasteiger partial charge in [0, 0.05) is 11.4 Å². The SMILES string of the molecule is N=C=O.N=C=O.Nc1ccccc1.Nc1ccccc1. The van der Waals surface area contributed by atoms with Gasteiger partial charge in [0.2, 0.25) is 12.2 Å². The van der Waals surface area contributed by atoms with Gasteiger partial charge in [0.15, 0.2) is 0 Å². The van der Waals surface area contributed by atoms with Crippen molar-refractivity contribution in [1.29, 1.82) is 10.8 Å². The second-order valence-corrected chi connectivity index (χ2v) is 3.03. The van der Waals surface area contributed by atoms with Crippen molar-refractivity contribution in [3.8, 4) is 0 Å². The first-order valence-corrected chi connectivity index (χ1v) is 5.31. The van der Waals surface area contributed by atoms with Gasteiger partial charge in [0.25, 0.3) is 0 Å². The molecule has 0 radical (unpaired) electrons. The number of isocyanates is 2. The quantitative estimate of drug-likeness (QED) is 0.332. The van der Waals surface area contributed by atoms with Crippen LogP contribution in [0.1, 0.15) is 0 Å². The Hall–Kier alpha value is -3.20. The van der Waals surface area contributed by atoms with Crippen LogP contribution in [-0.2, 0) is 9.59 Å². The third kappa shape index (κ3) is 17.2. The number of nitrogens with one attached hydrogen (secondary N) is 2. The minimum absolute atomic E-state index is 0.750. The predicted octanol–water partition coefficient (Wildman–Crippen LogP) is 2.34. The van der Waals surface area contributed by atoms with E-state index in [2.05, 4.69) is 0 Å². The lowest BCUT2D eigenvalue weighted by atomic mass is 10.3. The summed E-state index contributed by atoms with van der Waals surface area (Å²) >= 11 is 0. The summed E-state index contributed by atoms with van der Waals surface area (Å²) in [6, 6.07) is 19.0. The molecule has 0 heterocycles. The third-order valence-corrected chi connectivity index (χ3v) is 1.60. The number of nitrogen functional groups attached to an aromatic ring is 2. The second kappa shape index (κ2) is 15.8. The van der Waals surface area contributed by atoms with Crippen molar-refractivity contribution in [2.75, 3.05) is 11.5 Å². The Morgan fingerprint density at radius 1 is 0.650 bits per heavy atom. The molecule has 0 bridgehead atoms. The van der Waals surface area contributed by atoms with Gasteiger partial charge in [0.05, 0.1) is 0 Å². The molecule has 2 rings (SSSR count). The molecule has 0 aromatic heterocycles. The van der Waals surface area contributed by atoms with Crippen LogP contribution < -0.4 is 11.5 Å². The highest BCUT2D eigenvalue weighted by atomic mass is 16.1. The lowest BCUT2D eigenvalue weighted by Crippen LogP contribution is -1.79. The van der Waals surface area contributed by atoms with Gasteiger partial charge in [-0.3, -0.25) is 0 Å². The van der Waals surface area contributed by atoms with E-state index in [1.165, 1.54) is 0 Å². The molecule has 0 amide bonds. The van der Waals surface area contributed by atoms with E-state index < -0.39 is 0 Å². The van der Waals surface area contributed by atoms with Crippen LogP contribution in [0.25, 0.3) is 0 Å². The number of carbonyl (C=O) groups excluding carboxylic acids is 2. The van der Waals surface area contributed by atoms with Crippen LogP contribution in [-0.4, -0.2) is 12.2 Å². The smallest absolute Gasteiger partial charge is 0.231 e. The molecule has 0 atom stereocenters. The maximum atomic E-state index is 8.35. The van der Waals surface area contributed by atoms with Crippen LogP contribution in [0.2, 0.25) is 0 Å². The number of para-hydroxylation sites is 2. The van der Waals surface area contributed by atoms with Crippen LogP contribution in [0.15, 0.2) is 60.7 Å². The molecule has 104 valence electrons. The topological polar surface area (TPSA) is 134 Å². The lowest BCUT2D eigenvalue weighted by molar-refractivity contribution is 0.562. The predicted molar refractivity (Wildman–Crippen MR) is 78.5 cm³/mol. The van der Waals surface area contributed by atoms with Gasteiger partial charge in [-0.05, 0) is 24.3 Å². The van der Waals surface area contributed by atoms with E-state index in [-0.39, 0.29) is 0 Å². The minimum Gasteiger partial charge on any atom is -0.399 e. The number of rotatable bonds is 0. The van der Waals surface area contributed by atoms with E-state index in [9.17, 15) is 0 Å². The van der Waals surface area contributed by atoms with Gasteiger partial charge in [-0.1, -0.05) is 36.4 Å². The fourth-order valence-corrected chi connectivity index (χ4v) is 0.906. The molecule has 0 aliphatic carbocycles. The van der Waals surface area contributed by atoms with Crippen LogP contribution in [0.5, 0.6) is 0 Å². The Morgan fingerprint density at radius 2 is 0.850 bits per heavy atom.